The summed E-state index contributed by atoms with van der Waals surface area (Å²) >= 11 is 0. The van der Waals surface area contributed by atoms with E-state index in [1.54, 1.807) is 0 Å². The van der Waals surface area contributed by atoms with Crippen LogP contribution in [0.2, 0.25) is 0 Å². The van der Waals surface area contributed by atoms with Gasteiger partial charge in [0.25, 0.3) is 5.91 Å². The third kappa shape index (κ3) is 1.77. The van der Waals surface area contributed by atoms with Gasteiger partial charge >= 0.3 is 0 Å². The normalized spacial score (nSPS) is 17.3. The molecule has 0 bridgehead atoms. The van der Waals surface area contributed by atoms with Crippen LogP contribution in [-0.4, -0.2) is 32.1 Å². The number of anilines is 1. The minimum atomic E-state index is 0.0642. The highest BCUT2D eigenvalue weighted by molar-refractivity contribution is 5.98. The first-order valence-electron chi connectivity index (χ1n) is 6.70. The Morgan fingerprint density at radius 2 is 2.33 bits per heavy atom. The summed E-state index contributed by atoms with van der Waals surface area (Å²) in [5, 5.41) is 6.33. The van der Waals surface area contributed by atoms with Crippen molar-refractivity contribution in [3.05, 3.63) is 28.8 Å². The molecule has 2 aliphatic rings. The zero-order valence-electron chi connectivity index (χ0n) is 10.8. The first-order valence-corrected chi connectivity index (χ1v) is 6.70. The first kappa shape index (κ1) is 11.5. The molecule has 0 radical (unpaired) electrons. The summed E-state index contributed by atoms with van der Waals surface area (Å²) in [6, 6.07) is 4.08. The van der Waals surface area contributed by atoms with Crippen LogP contribution >= 0.6 is 0 Å². The Morgan fingerprint density at radius 3 is 3.17 bits per heavy atom. The molecule has 0 saturated carbocycles. The molecule has 18 heavy (non-hydrogen) atoms. The molecule has 0 atom stereocenters. The van der Waals surface area contributed by atoms with Gasteiger partial charge in [-0.25, -0.2) is 0 Å². The Morgan fingerprint density at radius 1 is 1.44 bits per heavy atom. The van der Waals surface area contributed by atoms with E-state index in [-0.39, 0.29) is 5.91 Å². The Kier molecular flexibility index (Phi) is 2.96. The molecule has 0 fully saturated rings. The minimum absolute atomic E-state index is 0.0642. The van der Waals surface area contributed by atoms with Gasteiger partial charge in [0.1, 0.15) is 0 Å². The maximum atomic E-state index is 12.1. The van der Waals surface area contributed by atoms with Gasteiger partial charge in [0.05, 0.1) is 0 Å². The van der Waals surface area contributed by atoms with E-state index in [1.165, 1.54) is 16.8 Å². The lowest BCUT2D eigenvalue weighted by atomic mass is 10.00. The average molecular weight is 245 g/mol. The van der Waals surface area contributed by atoms with Gasteiger partial charge in [-0.2, -0.15) is 0 Å². The summed E-state index contributed by atoms with van der Waals surface area (Å²) in [6.07, 6.45) is 0.996. The molecule has 4 heteroatoms. The summed E-state index contributed by atoms with van der Waals surface area (Å²) in [6.45, 7) is 6.65. The van der Waals surface area contributed by atoms with Crippen LogP contribution in [0.3, 0.4) is 0 Å². The van der Waals surface area contributed by atoms with Gasteiger partial charge in [0.2, 0.25) is 0 Å². The predicted molar refractivity (Wildman–Crippen MR) is 72.1 cm³/mol. The quantitative estimate of drug-likeness (QED) is 0.814. The average Bonchev–Trinajstić information content (AvgIpc) is 2.67. The fourth-order valence-corrected chi connectivity index (χ4v) is 2.96. The lowest BCUT2D eigenvalue weighted by Crippen LogP contribution is -2.27. The fraction of sp³-hybridized carbons (Fsp3) is 0.500. The standard InChI is InChI=1S/C14H19N3O/c1-2-16-14(18)12-4-3-10-9-15-6-8-17-7-5-11(12)13(10)17/h3-4,15H,2,5-9H2,1H3,(H,16,18). The number of amides is 1. The molecule has 2 aliphatic heterocycles. The second-order valence-electron chi connectivity index (χ2n) is 4.87. The zero-order valence-corrected chi connectivity index (χ0v) is 10.8. The summed E-state index contributed by atoms with van der Waals surface area (Å²) in [7, 11) is 0. The van der Waals surface area contributed by atoms with Crippen molar-refractivity contribution in [1.29, 1.82) is 0 Å². The summed E-state index contributed by atoms with van der Waals surface area (Å²) < 4.78 is 0. The number of nitrogens with zero attached hydrogens (tertiary/aromatic N) is 1. The summed E-state index contributed by atoms with van der Waals surface area (Å²) in [4.78, 5) is 14.5. The SMILES string of the molecule is CCNC(=O)c1ccc2c3c1CCN3CCNC2. The van der Waals surface area contributed by atoms with Gasteiger partial charge in [-0.15, -0.1) is 0 Å². The Hall–Kier alpha value is -1.55. The van der Waals surface area contributed by atoms with Gasteiger partial charge in [-0.05, 0) is 30.5 Å². The molecule has 1 aromatic carbocycles. The highest BCUT2D eigenvalue weighted by Gasteiger charge is 2.27. The van der Waals surface area contributed by atoms with Gasteiger partial charge in [-0.1, -0.05) is 6.07 Å². The molecular formula is C14H19N3O. The molecule has 2 N–H and O–H groups in total. The van der Waals surface area contributed by atoms with Crippen molar-refractivity contribution in [3.63, 3.8) is 0 Å². The van der Waals surface area contributed by atoms with Crippen LogP contribution in [0.5, 0.6) is 0 Å². The van der Waals surface area contributed by atoms with Crippen LogP contribution in [0.15, 0.2) is 12.1 Å². The van der Waals surface area contributed by atoms with Crippen LogP contribution in [0.25, 0.3) is 0 Å². The molecule has 2 heterocycles. The lowest BCUT2D eigenvalue weighted by molar-refractivity contribution is 0.0955. The zero-order chi connectivity index (χ0) is 12.5. The van der Waals surface area contributed by atoms with Gasteiger partial charge < -0.3 is 15.5 Å². The Bertz CT molecular complexity index is 484. The van der Waals surface area contributed by atoms with Crippen molar-refractivity contribution in [3.8, 4) is 0 Å². The van der Waals surface area contributed by atoms with Gasteiger partial charge in [0.15, 0.2) is 0 Å². The molecule has 4 nitrogen and oxygen atoms in total. The van der Waals surface area contributed by atoms with Crippen LogP contribution < -0.4 is 15.5 Å². The largest absolute Gasteiger partial charge is 0.369 e. The minimum Gasteiger partial charge on any atom is -0.369 e. The van der Waals surface area contributed by atoms with E-state index in [2.05, 4.69) is 21.6 Å². The monoisotopic (exact) mass is 245 g/mol. The van der Waals surface area contributed by atoms with Crippen LogP contribution in [0, 0.1) is 0 Å². The Balaban J connectivity index is 2.05. The number of benzene rings is 1. The van der Waals surface area contributed by atoms with Crippen molar-refractivity contribution < 1.29 is 4.79 Å². The molecule has 0 spiro atoms. The first-order chi connectivity index (χ1) is 8.81. The van der Waals surface area contributed by atoms with E-state index in [4.69, 9.17) is 0 Å². The van der Waals surface area contributed by atoms with Gasteiger partial charge in [0, 0.05) is 44.0 Å². The van der Waals surface area contributed by atoms with E-state index in [9.17, 15) is 4.79 Å². The summed E-state index contributed by atoms with van der Waals surface area (Å²) in [5.74, 6) is 0.0642. The number of hydrogen-bond acceptors (Lipinski definition) is 3. The summed E-state index contributed by atoms with van der Waals surface area (Å²) in [5.41, 5.74) is 4.74. The topological polar surface area (TPSA) is 44.4 Å². The number of hydrogen-bond donors (Lipinski definition) is 2. The number of rotatable bonds is 2. The molecule has 0 unspecified atom stereocenters. The molecule has 0 aromatic heterocycles. The number of nitrogens with one attached hydrogen (secondary N) is 2. The van der Waals surface area contributed by atoms with Crippen molar-refractivity contribution in [2.75, 3.05) is 31.1 Å². The van der Waals surface area contributed by atoms with Crippen LogP contribution in [0.1, 0.15) is 28.4 Å². The van der Waals surface area contributed by atoms with E-state index >= 15 is 0 Å². The van der Waals surface area contributed by atoms with Crippen molar-refractivity contribution in [1.82, 2.24) is 10.6 Å². The maximum Gasteiger partial charge on any atom is 0.251 e. The molecular weight excluding hydrogens is 226 g/mol. The third-order valence-electron chi connectivity index (χ3n) is 3.77. The van der Waals surface area contributed by atoms with E-state index < -0.39 is 0 Å². The maximum absolute atomic E-state index is 12.1. The lowest BCUT2D eigenvalue weighted by Gasteiger charge is -2.19. The third-order valence-corrected chi connectivity index (χ3v) is 3.77. The molecule has 0 saturated heterocycles. The molecule has 96 valence electrons. The highest BCUT2D eigenvalue weighted by Crippen LogP contribution is 2.35. The Labute approximate surface area is 107 Å². The number of carbonyl (C=O) groups is 1. The second-order valence-corrected chi connectivity index (χ2v) is 4.87. The number of carbonyl (C=O) groups excluding carboxylic acids is 1. The van der Waals surface area contributed by atoms with E-state index in [0.717, 1.165) is 38.2 Å². The second kappa shape index (κ2) is 4.61. The molecule has 3 rings (SSSR count). The van der Waals surface area contributed by atoms with Crippen LogP contribution in [0.4, 0.5) is 5.69 Å². The molecule has 0 aliphatic carbocycles. The van der Waals surface area contributed by atoms with Crippen molar-refractivity contribution in [2.24, 2.45) is 0 Å². The van der Waals surface area contributed by atoms with Crippen molar-refractivity contribution >= 4 is 11.6 Å². The smallest absolute Gasteiger partial charge is 0.251 e. The van der Waals surface area contributed by atoms with Gasteiger partial charge in [-0.3, -0.25) is 4.79 Å². The van der Waals surface area contributed by atoms with Crippen molar-refractivity contribution in [2.45, 2.75) is 19.9 Å². The highest BCUT2D eigenvalue weighted by atomic mass is 16.1. The fourth-order valence-electron chi connectivity index (χ4n) is 2.96. The predicted octanol–water partition coefficient (Wildman–Crippen LogP) is 0.902. The van der Waals surface area contributed by atoms with E-state index in [0.29, 0.717) is 6.54 Å². The van der Waals surface area contributed by atoms with E-state index in [1.807, 2.05) is 13.0 Å². The van der Waals surface area contributed by atoms with Crippen LogP contribution in [-0.2, 0) is 13.0 Å². The molecule has 1 amide bonds. The molecule has 1 aromatic rings.